The minimum atomic E-state index is -4.62. The predicted molar refractivity (Wildman–Crippen MR) is 117 cm³/mol. The first-order valence-corrected chi connectivity index (χ1v) is 12.2. The maximum Gasteiger partial charge on any atom is 0.421 e. The van der Waals surface area contributed by atoms with E-state index >= 15 is 0 Å². The van der Waals surface area contributed by atoms with Crippen molar-refractivity contribution in [3.05, 3.63) is 35.5 Å². The number of amides is 1. The largest absolute Gasteiger partial charge is 0.421 e. The Hall–Kier alpha value is -2.93. The molecular formula is C20H23F3N6O3S. The Morgan fingerprint density at radius 3 is 2.64 bits per heavy atom. The summed E-state index contributed by atoms with van der Waals surface area (Å²) < 4.78 is 65.9. The third-order valence-electron chi connectivity index (χ3n) is 5.61. The number of nitrogens with one attached hydrogen (secondary N) is 3. The molecule has 3 heterocycles. The molecule has 0 aliphatic carbocycles. The van der Waals surface area contributed by atoms with Gasteiger partial charge in [-0.25, -0.2) is 18.1 Å². The van der Waals surface area contributed by atoms with Crippen LogP contribution in [0.3, 0.4) is 0 Å². The summed E-state index contributed by atoms with van der Waals surface area (Å²) in [4.78, 5) is 21.1. The first-order chi connectivity index (χ1) is 15.5. The topological polar surface area (TPSA) is 116 Å². The van der Waals surface area contributed by atoms with Gasteiger partial charge in [0.15, 0.2) is 0 Å². The molecule has 178 valence electrons. The number of carbonyl (C=O) groups excluding carboxylic acids is 1. The average molecular weight is 485 g/mol. The molecule has 1 saturated heterocycles. The van der Waals surface area contributed by atoms with Gasteiger partial charge >= 0.3 is 6.18 Å². The number of sulfonamides is 1. The number of fused-ring (bicyclic) bond motifs is 1. The molecule has 33 heavy (non-hydrogen) atoms. The van der Waals surface area contributed by atoms with Crippen LogP contribution in [0.15, 0.2) is 24.4 Å². The summed E-state index contributed by atoms with van der Waals surface area (Å²) in [7, 11) is -3.32. The smallest absolute Gasteiger partial charge is 0.356 e. The van der Waals surface area contributed by atoms with E-state index in [0.29, 0.717) is 37.3 Å². The van der Waals surface area contributed by atoms with Crippen molar-refractivity contribution in [1.29, 1.82) is 0 Å². The highest BCUT2D eigenvalue weighted by atomic mass is 32.2. The van der Waals surface area contributed by atoms with Crippen LogP contribution in [0.25, 0.3) is 0 Å². The van der Waals surface area contributed by atoms with E-state index < -0.39 is 21.8 Å². The SMILES string of the molecule is CS(=O)(=O)NCC1CCN(c2nc(Nc3ccc4c(c3)CC(=O)N4)ncc2C(F)(F)F)CC1. The number of nitrogens with zero attached hydrogens (tertiary/aromatic N) is 3. The average Bonchev–Trinajstić information content (AvgIpc) is 3.10. The third-order valence-corrected chi connectivity index (χ3v) is 6.30. The van der Waals surface area contributed by atoms with Crippen molar-refractivity contribution < 1.29 is 26.4 Å². The number of aromatic nitrogens is 2. The van der Waals surface area contributed by atoms with Gasteiger partial charge in [-0.3, -0.25) is 4.79 Å². The molecular weight excluding hydrogens is 461 g/mol. The zero-order valence-corrected chi connectivity index (χ0v) is 18.6. The molecule has 1 fully saturated rings. The molecule has 0 unspecified atom stereocenters. The lowest BCUT2D eigenvalue weighted by Gasteiger charge is -2.34. The summed E-state index contributed by atoms with van der Waals surface area (Å²) >= 11 is 0. The van der Waals surface area contributed by atoms with Gasteiger partial charge in [-0.05, 0) is 42.5 Å². The van der Waals surface area contributed by atoms with Crippen LogP contribution in [-0.2, 0) is 27.4 Å². The van der Waals surface area contributed by atoms with Crippen molar-refractivity contribution >= 4 is 39.1 Å². The Kier molecular flexibility index (Phi) is 6.18. The van der Waals surface area contributed by atoms with Crippen molar-refractivity contribution in [3.8, 4) is 0 Å². The number of alkyl halides is 3. The van der Waals surface area contributed by atoms with Gasteiger partial charge in [0.1, 0.15) is 11.4 Å². The summed E-state index contributed by atoms with van der Waals surface area (Å²) in [6.07, 6.45) is -1.50. The van der Waals surface area contributed by atoms with E-state index in [-0.39, 0.29) is 36.6 Å². The lowest BCUT2D eigenvalue weighted by Crippen LogP contribution is -2.39. The Bertz CT molecular complexity index is 1160. The second kappa shape index (κ2) is 8.78. The highest BCUT2D eigenvalue weighted by molar-refractivity contribution is 7.88. The molecule has 3 N–H and O–H groups in total. The zero-order chi connectivity index (χ0) is 23.8. The number of anilines is 4. The van der Waals surface area contributed by atoms with Crippen LogP contribution in [-0.4, -0.2) is 50.2 Å². The second-order valence-corrected chi connectivity index (χ2v) is 10.0. The van der Waals surface area contributed by atoms with E-state index in [2.05, 4.69) is 25.3 Å². The highest BCUT2D eigenvalue weighted by Crippen LogP contribution is 2.37. The summed E-state index contributed by atoms with van der Waals surface area (Å²) in [5.41, 5.74) is 1.11. The fourth-order valence-corrected chi connectivity index (χ4v) is 4.47. The van der Waals surface area contributed by atoms with Crippen molar-refractivity contribution in [2.45, 2.75) is 25.4 Å². The molecule has 13 heteroatoms. The van der Waals surface area contributed by atoms with Gasteiger partial charge in [0.2, 0.25) is 21.9 Å². The number of piperidine rings is 1. The van der Waals surface area contributed by atoms with Crippen LogP contribution >= 0.6 is 0 Å². The molecule has 2 aromatic rings. The lowest BCUT2D eigenvalue weighted by atomic mass is 9.97. The van der Waals surface area contributed by atoms with Crippen molar-refractivity contribution in [2.24, 2.45) is 5.92 Å². The minimum absolute atomic E-state index is 0.0103. The second-order valence-electron chi connectivity index (χ2n) is 8.20. The number of halogens is 3. The van der Waals surface area contributed by atoms with Crippen LogP contribution in [0, 0.1) is 5.92 Å². The van der Waals surface area contributed by atoms with Crippen LogP contribution in [0.5, 0.6) is 0 Å². The fraction of sp³-hybridized carbons (Fsp3) is 0.450. The summed E-state index contributed by atoms with van der Waals surface area (Å²) in [5.74, 6) is -0.290. The lowest BCUT2D eigenvalue weighted by molar-refractivity contribution is -0.137. The van der Waals surface area contributed by atoms with Gasteiger partial charge in [0.25, 0.3) is 0 Å². The maximum absolute atomic E-state index is 13.6. The van der Waals surface area contributed by atoms with E-state index in [1.165, 1.54) is 0 Å². The first kappa shape index (κ1) is 23.2. The van der Waals surface area contributed by atoms with E-state index in [9.17, 15) is 26.4 Å². The van der Waals surface area contributed by atoms with Crippen LogP contribution < -0.4 is 20.3 Å². The highest BCUT2D eigenvalue weighted by Gasteiger charge is 2.37. The number of benzene rings is 1. The van der Waals surface area contributed by atoms with Gasteiger partial charge in [0, 0.05) is 37.2 Å². The summed E-state index contributed by atoms with van der Waals surface area (Å²) in [5, 5.41) is 5.64. The summed E-state index contributed by atoms with van der Waals surface area (Å²) in [6, 6.07) is 5.13. The molecule has 9 nitrogen and oxygen atoms in total. The van der Waals surface area contributed by atoms with Crippen molar-refractivity contribution in [1.82, 2.24) is 14.7 Å². The maximum atomic E-state index is 13.6. The number of rotatable bonds is 6. The molecule has 0 saturated carbocycles. The Morgan fingerprint density at radius 1 is 1.24 bits per heavy atom. The van der Waals surface area contributed by atoms with Gasteiger partial charge in [-0.1, -0.05) is 0 Å². The molecule has 1 aromatic carbocycles. The zero-order valence-electron chi connectivity index (χ0n) is 17.7. The molecule has 1 aromatic heterocycles. The van der Waals surface area contributed by atoms with Gasteiger partial charge in [0.05, 0.1) is 12.7 Å². The van der Waals surface area contributed by atoms with Gasteiger partial charge < -0.3 is 15.5 Å². The monoisotopic (exact) mass is 484 g/mol. The van der Waals surface area contributed by atoms with E-state index in [4.69, 9.17) is 0 Å². The van der Waals surface area contributed by atoms with E-state index in [1.807, 2.05) is 0 Å². The normalized spacial score (nSPS) is 17.1. The minimum Gasteiger partial charge on any atom is -0.356 e. The number of hydrogen-bond donors (Lipinski definition) is 3. The van der Waals surface area contributed by atoms with Crippen molar-refractivity contribution in [2.75, 3.05) is 41.4 Å². The van der Waals surface area contributed by atoms with Gasteiger partial charge in [-0.15, -0.1) is 0 Å². The fourth-order valence-electron chi connectivity index (χ4n) is 3.93. The van der Waals surface area contributed by atoms with Crippen LogP contribution in [0.4, 0.5) is 36.3 Å². The molecule has 0 atom stereocenters. The van der Waals surface area contributed by atoms with Gasteiger partial charge in [-0.2, -0.15) is 18.2 Å². The van der Waals surface area contributed by atoms with Crippen molar-refractivity contribution in [3.63, 3.8) is 0 Å². The summed E-state index contributed by atoms with van der Waals surface area (Å²) in [6.45, 7) is 0.871. The predicted octanol–water partition coefficient (Wildman–Crippen LogP) is 2.50. The molecule has 2 aliphatic heterocycles. The Morgan fingerprint density at radius 2 is 1.97 bits per heavy atom. The van der Waals surface area contributed by atoms with Crippen LogP contribution in [0.2, 0.25) is 0 Å². The van der Waals surface area contributed by atoms with Crippen LogP contribution in [0.1, 0.15) is 24.0 Å². The number of hydrogen-bond acceptors (Lipinski definition) is 7. The molecule has 0 radical (unpaired) electrons. The third kappa shape index (κ3) is 5.71. The molecule has 1 amide bonds. The Balaban J connectivity index is 1.52. The molecule has 0 bridgehead atoms. The number of carbonyl (C=O) groups is 1. The quantitative estimate of drug-likeness (QED) is 0.577. The molecule has 0 spiro atoms. The van der Waals surface area contributed by atoms with E-state index in [0.717, 1.165) is 18.0 Å². The Labute approximate surface area is 188 Å². The molecule has 4 rings (SSSR count). The molecule has 2 aliphatic rings. The van der Waals surface area contributed by atoms with E-state index in [1.54, 1.807) is 23.1 Å². The first-order valence-electron chi connectivity index (χ1n) is 10.3. The standard InChI is InChI=1S/C20H23F3N6O3S/c1-33(31,32)25-10-12-4-6-29(7-5-12)18-15(20(21,22)23)11-24-19(28-18)26-14-2-3-16-13(8-14)9-17(30)27-16/h2-3,8,11-12,25H,4-7,9-10H2,1H3,(H,27,30)(H,24,26,28).